The van der Waals surface area contributed by atoms with E-state index in [0.717, 1.165) is 6.08 Å². The van der Waals surface area contributed by atoms with Gasteiger partial charge in [0.05, 0.1) is 13.2 Å². The summed E-state index contributed by atoms with van der Waals surface area (Å²) in [6, 6.07) is 0. The van der Waals surface area contributed by atoms with Gasteiger partial charge < -0.3 is 24.4 Å². The van der Waals surface area contributed by atoms with Crippen LogP contribution in [0.25, 0.3) is 0 Å². The number of hydrogen-bond donors (Lipinski definition) is 2. The normalized spacial score (nSPS) is 13.3. The summed E-state index contributed by atoms with van der Waals surface area (Å²) in [7, 11) is 0. The summed E-state index contributed by atoms with van der Waals surface area (Å²) < 4.78 is 14.5. The first-order valence-corrected chi connectivity index (χ1v) is 6.37. The Kier molecular flexibility index (Phi) is 10.6. The van der Waals surface area contributed by atoms with Crippen molar-refractivity contribution < 1.29 is 34.0 Å². The zero-order chi connectivity index (χ0) is 15.4. The molecule has 0 fully saturated rings. The highest BCUT2D eigenvalue weighted by molar-refractivity contribution is 5.81. The summed E-state index contributed by atoms with van der Waals surface area (Å²) in [5.41, 5.74) is 0. The standard InChI is InChI=1S/C13H22O7/c1-3-12(16)19-7-5-4-6-18-8-11(15)9-20-13(17)10(2)14/h3,10-11,14-15H,1,4-9H2,2H3. The zero-order valence-corrected chi connectivity index (χ0v) is 11.6. The van der Waals surface area contributed by atoms with Crippen LogP contribution in [0.1, 0.15) is 19.8 Å². The van der Waals surface area contributed by atoms with Gasteiger partial charge in [0, 0.05) is 12.7 Å². The lowest BCUT2D eigenvalue weighted by molar-refractivity contribution is -0.156. The molecule has 20 heavy (non-hydrogen) atoms. The fourth-order valence-electron chi connectivity index (χ4n) is 1.10. The third-order valence-electron chi connectivity index (χ3n) is 2.16. The van der Waals surface area contributed by atoms with Gasteiger partial charge in [-0.25, -0.2) is 9.59 Å². The van der Waals surface area contributed by atoms with Gasteiger partial charge in [-0.2, -0.15) is 0 Å². The molecular formula is C13H22O7. The molecule has 0 aliphatic heterocycles. The zero-order valence-electron chi connectivity index (χ0n) is 11.6. The number of unbranched alkanes of at least 4 members (excludes halogenated alkanes) is 1. The molecule has 7 nitrogen and oxygen atoms in total. The molecule has 2 atom stereocenters. The molecule has 0 bridgehead atoms. The fourth-order valence-corrected chi connectivity index (χ4v) is 1.10. The van der Waals surface area contributed by atoms with Crippen LogP contribution in [0.4, 0.5) is 0 Å². The molecule has 0 saturated carbocycles. The van der Waals surface area contributed by atoms with E-state index in [1.54, 1.807) is 0 Å². The molecule has 0 spiro atoms. The van der Waals surface area contributed by atoms with E-state index in [2.05, 4.69) is 11.3 Å². The van der Waals surface area contributed by atoms with Gasteiger partial charge in [0.2, 0.25) is 0 Å². The van der Waals surface area contributed by atoms with Gasteiger partial charge in [0.15, 0.2) is 0 Å². The van der Waals surface area contributed by atoms with E-state index in [0.29, 0.717) is 26.1 Å². The Hall–Kier alpha value is -1.44. The Bertz CT molecular complexity index is 301. The van der Waals surface area contributed by atoms with Gasteiger partial charge in [0.25, 0.3) is 0 Å². The van der Waals surface area contributed by atoms with E-state index >= 15 is 0 Å². The molecule has 7 heteroatoms. The van der Waals surface area contributed by atoms with Crippen LogP contribution in [0.5, 0.6) is 0 Å². The van der Waals surface area contributed by atoms with Crippen LogP contribution in [0, 0.1) is 0 Å². The van der Waals surface area contributed by atoms with E-state index in [9.17, 15) is 14.7 Å². The molecule has 2 N–H and O–H groups in total. The number of carbonyl (C=O) groups is 2. The third-order valence-corrected chi connectivity index (χ3v) is 2.16. The minimum atomic E-state index is -1.21. The van der Waals surface area contributed by atoms with Crippen molar-refractivity contribution in [1.82, 2.24) is 0 Å². The Morgan fingerprint density at radius 1 is 1.15 bits per heavy atom. The van der Waals surface area contributed by atoms with E-state index in [1.165, 1.54) is 6.92 Å². The maximum absolute atomic E-state index is 10.9. The number of ether oxygens (including phenoxy) is 3. The summed E-state index contributed by atoms with van der Waals surface area (Å²) in [6.07, 6.45) is 0.274. The highest BCUT2D eigenvalue weighted by Gasteiger charge is 2.13. The van der Waals surface area contributed by atoms with Crippen molar-refractivity contribution >= 4 is 11.9 Å². The minimum absolute atomic E-state index is 0.0273. The number of esters is 2. The third kappa shape index (κ3) is 10.5. The lowest BCUT2D eigenvalue weighted by Gasteiger charge is -2.12. The Morgan fingerprint density at radius 3 is 2.40 bits per heavy atom. The predicted octanol–water partition coefficient (Wildman–Crippen LogP) is -0.203. The van der Waals surface area contributed by atoms with Crippen molar-refractivity contribution in [3.63, 3.8) is 0 Å². The molecule has 116 valence electrons. The Labute approximate surface area is 118 Å². The summed E-state index contributed by atoms with van der Waals surface area (Å²) in [6.45, 7) is 5.05. The quantitative estimate of drug-likeness (QED) is 0.308. The van der Waals surface area contributed by atoms with E-state index in [-0.39, 0.29) is 13.2 Å². The number of aliphatic hydroxyl groups excluding tert-OH is 2. The molecule has 0 rings (SSSR count). The second kappa shape index (κ2) is 11.4. The smallest absolute Gasteiger partial charge is 0.334 e. The molecular weight excluding hydrogens is 268 g/mol. The van der Waals surface area contributed by atoms with Crippen LogP contribution >= 0.6 is 0 Å². The number of hydrogen-bond acceptors (Lipinski definition) is 7. The van der Waals surface area contributed by atoms with E-state index in [4.69, 9.17) is 14.6 Å². The molecule has 0 aliphatic rings. The van der Waals surface area contributed by atoms with Crippen molar-refractivity contribution in [2.75, 3.05) is 26.4 Å². The maximum Gasteiger partial charge on any atom is 0.334 e. The molecule has 0 heterocycles. The van der Waals surface area contributed by atoms with Gasteiger partial charge in [-0.3, -0.25) is 0 Å². The molecule has 2 unspecified atom stereocenters. The first-order valence-electron chi connectivity index (χ1n) is 6.37. The number of carbonyl (C=O) groups excluding carboxylic acids is 2. The molecule has 0 radical (unpaired) electrons. The Balaban J connectivity index is 3.39. The predicted molar refractivity (Wildman–Crippen MR) is 69.9 cm³/mol. The average Bonchev–Trinajstić information content (AvgIpc) is 2.42. The Morgan fingerprint density at radius 2 is 1.80 bits per heavy atom. The molecule has 0 aromatic heterocycles. The number of aliphatic hydroxyl groups is 2. The highest BCUT2D eigenvalue weighted by Crippen LogP contribution is 1.95. The van der Waals surface area contributed by atoms with Crippen LogP contribution in [-0.4, -0.2) is 60.8 Å². The first-order chi connectivity index (χ1) is 9.47. The van der Waals surface area contributed by atoms with Gasteiger partial charge in [-0.1, -0.05) is 6.58 Å². The first kappa shape index (κ1) is 18.6. The molecule has 0 aromatic rings. The second-order valence-electron chi connectivity index (χ2n) is 4.11. The molecule has 0 aromatic carbocycles. The maximum atomic E-state index is 10.9. The lowest BCUT2D eigenvalue weighted by atomic mass is 10.3. The van der Waals surface area contributed by atoms with Crippen LogP contribution in [0.15, 0.2) is 12.7 Å². The van der Waals surface area contributed by atoms with Crippen LogP contribution in [0.2, 0.25) is 0 Å². The number of rotatable bonds is 11. The van der Waals surface area contributed by atoms with Crippen molar-refractivity contribution in [2.45, 2.75) is 32.0 Å². The fraction of sp³-hybridized carbons (Fsp3) is 0.692. The highest BCUT2D eigenvalue weighted by atomic mass is 16.6. The topological polar surface area (TPSA) is 102 Å². The SMILES string of the molecule is C=CC(=O)OCCCCOCC(O)COC(=O)C(C)O. The summed E-state index contributed by atoms with van der Waals surface area (Å²) in [4.78, 5) is 21.6. The van der Waals surface area contributed by atoms with Gasteiger partial charge >= 0.3 is 11.9 Å². The second-order valence-corrected chi connectivity index (χ2v) is 4.11. The minimum Gasteiger partial charge on any atom is -0.463 e. The van der Waals surface area contributed by atoms with Gasteiger partial charge in [0.1, 0.15) is 18.8 Å². The molecule has 0 aliphatic carbocycles. The van der Waals surface area contributed by atoms with E-state index < -0.39 is 24.1 Å². The monoisotopic (exact) mass is 290 g/mol. The lowest BCUT2D eigenvalue weighted by Crippen LogP contribution is -2.27. The average molecular weight is 290 g/mol. The summed E-state index contributed by atoms with van der Waals surface area (Å²) in [5, 5.41) is 18.3. The van der Waals surface area contributed by atoms with Crippen molar-refractivity contribution in [2.24, 2.45) is 0 Å². The molecule has 0 saturated heterocycles. The van der Waals surface area contributed by atoms with Crippen molar-refractivity contribution in [3.8, 4) is 0 Å². The largest absolute Gasteiger partial charge is 0.463 e. The van der Waals surface area contributed by atoms with Gasteiger partial charge in [-0.05, 0) is 19.8 Å². The summed E-state index contributed by atoms with van der Waals surface area (Å²) >= 11 is 0. The molecule has 0 amide bonds. The van der Waals surface area contributed by atoms with Gasteiger partial charge in [-0.15, -0.1) is 0 Å². The van der Waals surface area contributed by atoms with E-state index in [1.807, 2.05) is 0 Å². The van der Waals surface area contributed by atoms with Crippen LogP contribution < -0.4 is 0 Å². The van der Waals surface area contributed by atoms with Crippen LogP contribution in [0.3, 0.4) is 0 Å². The van der Waals surface area contributed by atoms with Crippen molar-refractivity contribution in [1.29, 1.82) is 0 Å². The van der Waals surface area contributed by atoms with Crippen LogP contribution in [-0.2, 0) is 23.8 Å². The van der Waals surface area contributed by atoms with Crippen molar-refractivity contribution in [3.05, 3.63) is 12.7 Å². The summed E-state index contributed by atoms with van der Waals surface area (Å²) in [5.74, 6) is -1.24.